The number of benzene rings is 1. The van der Waals surface area contributed by atoms with E-state index >= 15 is 0 Å². The van der Waals surface area contributed by atoms with Crippen molar-refractivity contribution in [3.05, 3.63) is 65.6 Å². The molecular formula is C25H28N8O2. The van der Waals surface area contributed by atoms with Crippen LogP contribution in [0, 0.1) is 13.8 Å². The molecule has 1 aliphatic rings. The van der Waals surface area contributed by atoms with Crippen molar-refractivity contribution in [1.29, 1.82) is 0 Å². The minimum atomic E-state index is -0.0280. The number of aromatic nitrogens is 6. The van der Waals surface area contributed by atoms with Gasteiger partial charge in [0.1, 0.15) is 11.4 Å². The van der Waals surface area contributed by atoms with Crippen LogP contribution >= 0.6 is 0 Å². The molecule has 0 N–H and O–H groups in total. The number of hydrogen-bond donors (Lipinski definition) is 0. The average Bonchev–Trinajstić information content (AvgIpc) is 3.44. The van der Waals surface area contributed by atoms with E-state index in [4.69, 9.17) is 4.74 Å². The van der Waals surface area contributed by atoms with Crippen LogP contribution in [0.1, 0.15) is 21.9 Å². The Bertz CT molecular complexity index is 1350. The van der Waals surface area contributed by atoms with Crippen LogP contribution in [0.2, 0.25) is 0 Å². The number of ether oxygens (including phenoxy) is 1. The van der Waals surface area contributed by atoms with Gasteiger partial charge in [-0.15, -0.1) is 10.2 Å². The van der Waals surface area contributed by atoms with E-state index in [-0.39, 0.29) is 5.91 Å². The fraction of sp³-hybridized carbons (Fsp3) is 0.320. The highest BCUT2D eigenvalue weighted by Gasteiger charge is 2.26. The summed E-state index contributed by atoms with van der Waals surface area (Å²) in [6, 6.07) is 15.4. The quantitative estimate of drug-likeness (QED) is 0.441. The Labute approximate surface area is 203 Å². The SMILES string of the molecule is COc1cccc(-c2cc(C(=O)N3CCN(c4ccc(-n5nc(C)cc5C)nn4)CC3)n(C)n2)c1. The zero-order valence-electron chi connectivity index (χ0n) is 20.3. The molecule has 0 spiro atoms. The average molecular weight is 473 g/mol. The second-order valence-electron chi connectivity index (χ2n) is 8.64. The first kappa shape index (κ1) is 22.6. The maximum atomic E-state index is 13.3. The summed E-state index contributed by atoms with van der Waals surface area (Å²) >= 11 is 0. The molecule has 1 fully saturated rings. The van der Waals surface area contributed by atoms with Crippen LogP contribution in [0.4, 0.5) is 5.82 Å². The maximum Gasteiger partial charge on any atom is 0.272 e. The molecule has 1 saturated heterocycles. The van der Waals surface area contributed by atoms with Gasteiger partial charge in [-0.2, -0.15) is 10.2 Å². The van der Waals surface area contributed by atoms with Crippen molar-refractivity contribution in [3.63, 3.8) is 0 Å². The van der Waals surface area contributed by atoms with Gasteiger partial charge in [0.05, 0.1) is 18.5 Å². The van der Waals surface area contributed by atoms with E-state index in [1.807, 2.05) is 67.3 Å². The fourth-order valence-electron chi connectivity index (χ4n) is 4.35. The summed E-state index contributed by atoms with van der Waals surface area (Å²) in [5, 5.41) is 17.8. The number of hydrogen-bond acceptors (Lipinski definition) is 7. The summed E-state index contributed by atoms with van der Waals surface area (Å²) in [6.07, 6.45) is 0. The van der Waals surface area contributed by atoms with E-state index < -0.39 is 0 Å². The molecule has 1 aromatic carbocycles. The van der Waals surface area contributed by atoms with Crippen molar-refractivity contribution in [2.24, 2.45) is 7.05 Å². The van der Waals surface area contributed by atoms with Crippen molar-refractivity contribution >= 4 is 11.7 Å². The van der Waals surface area contributed by atoms with Gasteiger partial charge in [-0.25, -0.2) is 4.68 Å². The van der Waals surface area contributed by atoms with Crippen molar-refractivity contribution in [2.75, 3.05) is 38.2 Å². The first-order valence-corrected chi connectivity index (χ1v) is 11.5. The number of carbonyl (C=O) groups excluding carboxylic acids is 1. The van der Waals surface area contributed by atoms with Crippen LogP contribution < -0.4 is 9.64 Å². The number of anilines is 1. The third-order valence-corrected chi connectivity index (χ3v) is 6.22. The predicted octanol–water partition coefficient (Wildman–Crippen LogP) is 2.65. The number of aryl methyl sites for hydroxylation is 3. The molecule has 4 heterocycles. The van der Waals surface area contributed by atoms with Crippen molar-refractivity contribution in [1.82, 2.24) is 34.7 Å². The lowest BCUT2D eigenvalue weighted by atomic mass is 10.1. The van der Waals surface area contributed by atoms with Crippen LogP contribution in [0.3, 0.4) is 0 Å². The van der Waals surface area contributed by atoms with Crippen LogP contribution in [-0.4, -0.2) is 73.9 Å². The van der Waals surface area contributed by atoms with E-state index in [0.29, 0.717) is 37.7 Å². The smallest absolute Gasteiger partial charge is 0.272 e. The van der Waals surface area contributed by atoms with E-state index in [1.165, 1.54) is 0 Å². The summed E-state index contributed by atoms with van der Waals surface area (Å²) in [6.45, 7) is 6.50. The second-order valence-corrected chi connectivity index (χ2v) is 8.64. The van der Waals surface area contributed by atoms with E-state index in [2.05, 4.69) is 25.3 Å². The molecule has 0 aliphatic carbocycles. The van der Waals surface area contributed by atoms with Crippen LogP contribution in [0.25, 0.3) is 17.1 Å². The monoisotopic (exact) mass is 472 g/mol. The Morgan fingerprint density at radius 1 is 0.914 bits per heavy atom. The summed E-state index contributed by atoms with van der Waals surface area (Å²) in [5.41, 5.74) is 4.17. The molecule has 10 nitrogen and oxygen atoms in total. The molecule has 10 heteroatoms. The third-order valence-electron chi connectivity index (χ3n) is 6.22. The van der Waals surface area contributed by atoms with Crippen LogP contribution in [0.15, 0.2) is 48.5 Å². The molecule has 0 atom stereocenters. The van der Waals surface area contributed by atoms with Gasteiger partial charge in [0.15, 0.2) is 11.6 Å². The minimum Gasteiger partial charge on any atom is -0.497 e. The first-order valence-electron chi connectivity index (χ1n) is 11.5. The topological polar surface area (TPSA) is 94.2 Å². The molecule has 0 radical (unpaired) electrons. The molecule has 0 saturated carbocycles. The molecule has 35 heavy (non-hydrogen) atoms. The number of nitrogens with zero attached hydrogens (tertiary/aromatic N) is 8. The first-order chi connectivity index (χ1) is 16.9. The largest absolute Gasteiger partial charge is 0.497 e. The molecule has 1 amide bonds. The Morgan fingerprint density at radius 2 is 1.66 bits per heavy atom. The minimum absolute atomic E-state index is 0.0280. The van der Waals surface area contributed by atoms with Gasteiger partial charge in [-0.1, -0.05) is 12.1 Å². The number of carbonyl (C=O) groups is 1. The van der Waals surface area contributed by atoms with Gasteiger partial charge in [0.25, 0.3) is 5.91 Å². The van der Waals surface area contributed by atoms with Gasteiger partial charge >= 0.3 is 0 Å². The Kier molecular flexibility index (Phi) is 5.94. The fourth-order valence-corrected chi connectivity index (χ4v) is 4.35. The van der Waals surface area contributed by atoms with Gasteiger partial charge < -0.3 is 14.5 Å². The lowest BCUT2D eigenvalue weighted by Crippen LogP contribution is -2.49. The summed E-state index contributed by atoms with van der Waals surface area (Å²) in [5.74, 6) is 2.21. The van der Waals surface area contributed by atoms with E-state index in [1.54, 1.807) is 23.5 Å². The molecular weight excluding hydrogens is 444 g/mol. The third kappa shape index (κ3) is 4.46. The van der Waals surface area contributed by atoms with Gasteiger partial charge in [0, 0.05) is 44.5 Å². The van der Waals surface area contributed by atoms with Crippen LogP contribution in [-0.2, 0) is 7.05 Å². The van der Waals surface area contributed by atoms with Gasteiger partial charge in [0.2, 0.25) is 0 Å². The number of rotatable bonds is 5. The Morgan fingerprint density at radius 3 is 2.31 bits per heavy atom. The highest BCUT2D eigenvalue weighted by molar-refractivity contribution is 5.94. The molecule has 4 aromatic rings. The Balaban J connectivity index is 1.25. The zero-order valence-corrected chi connectivity index (χ0v) is 20.3. The summed E-state index contributed by atoms with van der Waals surface area (Å²) in [7, 11) is 3.43. The molecule has 180 valence electrons. The number of amides is 1. The lowest BCUT2D eigenvalue weighted by molar-refractivity contribution is 0.0735. The van der Waals surface area contributed by atoms with Crippen molar-refractivity contribution in [2.45, 2.75) is 13.8 Å². The molecule has 0 bridgehead atoms. The lowest BCUT2D eigenvalue weighted by Gasteiger charge is -2.35. The molecule has 3 aromatic heterocycles. The van der Waals surface area contributed by atoms with E-state index in [0.717, 1.165) is 34.2 Å². The molecule has 0 unspecified atom stereocenters. The van der Waals surface area contributed by atoms with E-state index in [9.17, 15) is 4.79 Å². The maximum absolute atomic E-state index is 13.3. The second kappa shape index (κ2) is 9.21. The highest BCUT2D eigenvalue weighted by atomic mass is 16.5. The molecule has 5 rings (SSSR count). The van der Waals surface area contributed by atoms with Gasteiger partial charge in [-0.05, 0) is 50.2 Å². The van der Waals surface area contributed by atoms with Gasteiger partial charge in [-0.3, -0.25) is 9.48 Å². The highest BCUT2D eigenvalue weighted by Crippen LogP contribution is 2.24. The summed E-state index contributed by atoms with van der Waals surface area (Å²) in [4.78, 5) is 17.3. The Hall–Kier alpha value is -4.21. The number of methoxy groups -OCH3 is 1. The van der Waals surface area contributed by atoms with Crippen molar-refractivity contribution in [3.8, 4) is 22.8 Å². The zero-order chi connectivity index (χ0) is 24.5. The normalized spacial score (nSPS) is 13.8. The molecule has 1 aliphatic heterocycles. The van der Waals surface area contributed by atoms with Crippen LogP contribution in [0.5, 0.6) is 5.75 Å². The standard InChI is InChI=1S/C25H28N8O2/c1-17-14-18(2)33(28-17)24-9-8-23(26-27-24)31-10-12-32(13-11-31)25(34)22-16-21(29-30(22)3)19-6-5-7-20(15-19)35-4/h5-9,14-16H,10-13H2,1-4H3. The summed E-state index contributed by atoms with van der Waals surface area (Å²) < 4.78 is 8.74. The van der Waals surface area contributed by atoms with Crippen molar-refractivity contribution < 1.29 is 9.53 Å². The number of piperazine rings is 1. The predicted molar refractivity (Wildman–Crippen MR) is 132 cm³/mol.